The van der Waals surface area contributed by atoms with E-state index in [4.69, 9.17) is 9.72 Å². The Balaban J connectivity index is 2.54. The van der Waals surface area contributed by atoms with E-state index in [0.717, 1.165) is 40.9 Å². The second kappa shape index (κ2) is 6.55. The number of hydrogen-bond donors (Lipinski definition) is 1. The van der Waals surface area contributed by atoms with Crippen LogP contribution >= 0.6 is 0 Å². The van der Waals surface area contributed by atoms with E-state index in [-0.39, 0.29) is 5.41 Å². The third kappa shape index (κ3) is 3.70. The van der Waals surface area contributed by atoms with Gasteiger partial charge in [0, 0.05) is 28.6 Å². The SMILES string of the molecule is CCCC(C)Nc1cc(OC)cc2ccc(C(C)(C)C)nc12. The number of methoxy groups -OCH3 is 1. The van der Waals surface area contributed by atoms with Gasteiger partial charge >= 0.3 is 0 Å². The van der Waals surface area contributed by atoms with Crippen molar-refractivity contribution in [2.45, 2.75) is 58.9 Å². The first-order chi connectivity index (χ1) is 10.3. The van der Waals surface area contributed by atoms with Crippen LogP contribution in [0.4, 0.5) is 5.69 Å². The van der Waals surface area contributed by atoms with Gasteiger partial charge in [-0.15, -0.1) is 0 Å². The molecule has 0 spiro atoms. The molecular weight excluding hydrogens is 272 g/mol. The molecule has 1 aromatic carbocycles. The van der Waals surface area contributed by atoms with Crippen LogP contribution in [0, 0.1) is 0 Å². The van der Waals surface area contributed by atoms with Crippen LogP contribution in [0.2, 0.25) is 0 Å². The third-order valence-corrected chi connectivity index (χ3v) is 3.89. The van der Waals surface area contributed by atoms with Gasteiger partial charge in [0.15, 0.2) is 0 Å². The fourth-order valence-corrected chi connectivity index (χ4v) is 2.62. The molecule has 120 valence electrons. The van der Waals surface area contributed by atoms with Crippen LogP contribution in [0.1, 0.15) is 53.2 Å². The molecule has 3 nitrogen and oxygen atoms in total. The summed E-state index contributed by atoms with van der Waals surface area (Å²) in [6.07, 6.45) is 2.30. The third-order valence-electron chi connectivity index (χ3n) is 3.89. The first-order valence-corrected chi connectivity index (χ1v) is 8.11. The first kappa shape index (κ1) is 16.6. The summed E-state index contributed by atoms with van der Waals surface area (Å²) in [5.41, 5.74) is 3.23. The summed E-state index contributed by atoms with van der Waals surface area (Å²) >= 11 is 0. The van der Waals surface area contributed by atoms with E-state index in [1.54, 1.807) is 7.11 Å². The highest BCUT2D eigenvalue weighted by Crippen LogP contribution is 2.31. The number of ether oxygens (including phenoxy) is 1. The van der Waals surface area contributed by atoms with Crippen molar-refractivity contribution < 1.29 is 4.74 Å². The predicted molar refractivity (Wildman–Crippen MR) is 95.0 cm³/mol. The van der Waals surface area contributed by atoms with Crippen molar-refractivity contribution in [2.75, 3.05) is 12.4 Å². The Labute approximate surface area is 134 Å². The van der Waals surface area contributed by atoms with Gasteiger partial charge < -0.3 is 10.1 Å². The smallest absolute Gasteiger partial charge is 0.121 e. The van der Waals surface area contributed by atoms with Gasteiger partial charge in [0.05, 0.1) is 18.3 Å². The minimum Gasteiger partial charge on any atom is -0.497 e. The lowest BCUT2D eigenvalue weighted by atomic mass is 9.91. The van der Waals surface area contributed by atoms with E-state index >= 15 is 0 Å². The Hall–Kier alpha value is -1.77. The van der Waals surface area contributed by atoms with Crippen LogP contribution in [-0.2, 0) is 5.41 Å². The highest BCUT2D eigenvalue weighted by molar-refractivity contribution is 5.92. The van der Waals surface area contributed by atoms with Gasteiger partial charge in [-0.05, 0) is 25.5 Å². The number of rotatable bonds is 5. The van der Waals surface area contributed by atoms with E-state index in [1.165, 1.54) is 0 Å². The molecule has 1 N–H and O–H groups in total. The van der Waals surface area contributed by atoms with Gasteiger partial charge in [0.2, 0.25) is 0 Å². The number of nitrogens with zero attached hydrogens (tertiary/aromatic N) is 1. The molecule has 0 bridgehead atoms. The molecule has 0 radical (unpaired) electrons. The molecule has 22 heavy (non-hydrogen) atoms. The maximum absolute atomic E-state index is 5.43. The highest BCUT2D eigenvalue weighted by atomic mass is 16.5. The average molecular weight is 300 g/mol. The van der Waals surface area contributed by atoms with Crippen molar-refractivity contribution in [3.8, 4) is 5.75 Å². The Kier molecular flexibility index (Phi) is 4.94. The minimum atomic E-state index is 0.0421. The fourth-order valence-electron chi connectivity index (χ4n) is 2.62. The standard InChI is InChI=1S/C19H28N2O/c1-7-8-13(2)20-16-12-15(22-6)11-14-9-10-17(19(3,4)5)21-18(14)16/h9-13,20H,7-8H2,1-6H3. The zero-order valence-electron chi connectivity index (χ0n) is 14.7. The summed E-state index contributed by atoms with van der Waals surface area (Å²) in [6.45, 7) is 11.0. The first-order valence-electron chi connectivity index (χ1n) is 8.11. The van der Waals surface area contributed by atoms with E-state index in [1.807, 2.05) is 12.1 Å². The summed E-state index contributed by atoms with van der Waals surface area (Å²) in [4.78, 5) is 4.92. The van der Waals surface area contributed by atoms with E-state index in [2.05, 4.69) is 52.1 Å². The Morgan fingerprint density at radius 1 is 1.23 bits per heavy atom. The molecule has 1 aromatic heterocycles. The predicted octanol–water partition coefficient (Wildman–Crippen LogP) is 5.14. The number of anilines is 1. The van der Waals surface area contributed by atoms with Crippen molar-refractivity contribution in [1.82, 2.24) is 4.98 Å². The molecule has 1 unspecified atom stereocenters. The van der Waals surface area contributed by atoms with Gasteiger partial charge in [-0.1, -0.05) is 40.2 Å². The van der Waals surface area contributed by atoms with Crippen LogP contribution < -0.4 is 10.1 Å². The molecule has 3 heteroatoms. The summed E-state index contributed by atoms with van der Waals surface area (Å²) in [6, 6.07) is 8.76. The molecular formula is C19H28N2O. The minimum absolute atomic E-state index is 0.0421. The largest absolute Gasteiger partial charge is 0.497 e. The molecule has 2 rings (SSSR count). The number of fused-ring (bicyclic) bond motifs is 1. The molecule has 0 aliphatic carbocycles. The maximum Gasteiger partial charge on any atom is 0.121 e. The molecule has 1 heterocycles. The Morgan fingerprint density at radius 3 is 2.55 bits per heavy atom. The van der Waals surface area contributed by atoms with Gasteiger partial charge in [-0.2, -0.15) is 0 Å². The molecule has 2 aromatic rings. The number of hydrogen-bond acceptors (Lipinski definition) is 3. The maximum atomic E-state index is 5.43. The lowest BCUT2D eigenvalue weighted by Crippen LogP contribution is -2.16. The van der Waals surface area contributed by atoms with E-state index in [9.17, 15) is 0 Å². The zero-order chi connectivity index (χ0) is 16.3. The summed E-state index contributed by atoms with van der Waals surface area (Å²) < 4.78 is 5.43. The number of pyridine rings is 1. The second-order valence-electron chi connectivity index (χ2n) is 7.03. The zero-order valence-corrected chi connectivity index (χ0v) is 14.7. The highest BCUT2D eigenvalue weighted by Gasteiger charge is 2.17. The van der Waals surface area contributed by atoms with Crippen molar-refractivity contribution in [2.24, 2.45) is 0 Å². The van der Waals surface area contributed by atoms with Gasteiger partial charge in [-0.3, -0.25) is 4.98 Å². The van der Waals surface area contributed by atoms with Crippen molar-refractivity contribution >= 4 is 16.6 Å². The van der Waals surface area contributed by atoms with Crippen LogP contribution in [-0.4, -0.2) is 18.1 Å². The quantitative estimate of drug-likeness (QED) is 0.830. The molecule has 1 atom stereocenters. The molecule has 0 amide bonds. The van der Waals surface area contributed by atoms with Gasteiger partial charge in [0.1, 0.15) is 5.75 Å². The monoisotopic (exact) mass is 300 g/mol. The normalized spacial score (nSPS) is 13.2. The summed E-state index contributed by atoms with van der Waals surface area (Å²) in [5.74, 6) is 0.865. The van der Waals surface area contributed by atoms with Crippen LogP contribution in [0.5, 0.6) is 5.75 Å². The lowest BCUT2D eigenvalue weighted by molar-refractivity contribution is 0.415. The van der Waals surface area contributed by atoms with Crippen LogP contribution in [0.15, 0.2) is 24.3 Å². The van der Waals surface area contributed by atoms with Crippen molar-refractivity contribution in [1.29, 1.82) is 0 Å². The molecule has 0 saturated carbocycles. The number of aromatic nitrogens is 1. The van der Waals surface area contributed by atoms with E-state index < -0.39 is 0 Å². The average Bonchev–Trinajstić information content (AvgIpc) is 2.45. The number of nitrogens with one attached hydrogen (secondary N) is 1. The molecule has 0 saturated heterocycles. The van der Waals surface area contributed by atoms with Crippen LogP contribution in [0.25, 0.3) is 10.9 Å². The summed E-state index contributed by atoms with van der Waals surface area (Å²) in [7, 11) is 1.71. The molecule has 0 aliphatic heterocycles. The Bertz CT molecular complexity index is 644. The van der Waals surface area contributed by atoms with Crippen molar-refractivity contribution in [3.63, 3.8) is 0 Å². The Morgan fingerprint density at radius 2 is 1.95 bits per heavy atom. The van der Waals surface area contributed by atoms with E-state index in [0.29, 0.717) is 6.04 Å². The van der Waals surface area contributed by atoms with Crippen molar-refractivity contribution in [3.05, 3.63) is 30.0 Å². The molecule has 0 aliphatic rings. The second-order valence-corrected chi connectivity index (χ2v) is 7.03. The van der Waals surface area contributed by atoms with Crippen LogP contribution in [0.3, 0.4) is 0 Å². The van der Waals surface area contributed by atoms with Gasteiger partial charge in [0.25, 0.3) is 0 Å². The van der Waals surface area contributed by atoms with Gasteiger partial charge in [-0.25, -0.2) is 0 Å². The number of benzene rings is 1. The summed E-state index contributed by atoms with van der Waals surface area (Å²) in [5, 5.41) is 4.71. The molecule has 0 fully saturated rings. The lowest BCUT2D eigenvalue weighted by Gasteiger charge is -2.21. The topological polar surface area (TPSA) is 34.1 Å². The fraction of sp³-hybridized carbons (Fsp3) is 0.526.